The summed E-state index contributed by atoms with van der Waals surface area (Å²) in [5.41, 5.74) is 2.41. The lowest BCUT2D eigenvalue weighted by atomic mass is 10.1. The number of halogens is 2. The predicted octanol–water partition coefficient (Wildman–Crippen LogP) is 4.44. The minimum Gasteiger partial charge on any atom is -0.497 e. The van der Waals surface area contributed by atoms with Crippen LogP contribution in [-0.2, 0) is 13.0 Å². The van der Waals surface area contributed by atoms with Crippen LogP contribution >= 0.6 is 27.5 Å². The number of ether oxygens (including phenoxy) is 1. The van der Waals surface area contributed by atoms with Gasteiger partial charge in [-0.2, -0.15) is 0 Å². The van der Waals surface area contributed by atoms with Gasteiger partial charge in [-0.15, -0.1) is 0 Å². The molecule has 0 aromatic heterocycles. The van der Waals surface area contributed by atoms with E-state index in [9.17, 15) is 0 Å². The fourth-order valence-corrected chi connectivity index (χ4v) is 2.65. The van der Waals surface area contributed by atoms with E-state index in [4.69, 9.17) is 16.3 Å². The summed E-state index contributed by atoms with van der Waals surface area (Å²) in [6.07, 6.45) is 0.984. The summed E-state index contributed by atoms with van der Waals surface area (Å²) in [6, 6.07) is 14.1. The average Bonchev–Trinajstić information content (AvgIpc) is 2.46. The van der Waals surface area contributed by atoms with Crippen molar-refractivity contribution in [3.63, 3.8) is 0 Å². The SMILES string of the molecule is COc1ccc(CCNCc2ccc(Br)cc2Cl)cc1. The maximum atomic E-state index is 6.17. The first-order valence-corrected chi connectivity index (χ1v) is 7.63. The van der Waals surface area contributed by atoms with Gasteiger partial charge >= 0.3 is 0 Å². The summed E-state index contributed by atoms with van der Waals surface area (Å²) in [5.74, 6) is 0.892. The van der Waals surface area contributed by atoms with Gasteiger partial charge in [0.05, 0.1) is 7.11 Å². The lowest BCUT2D eigenvalue weighted by molar-refractivity contribution is 0.414. The summed E-state index contributed by atoms with van der Waals surface area (Å²) < 4.78 is 6.15. The first-order chi connectivity index (χ1) is 9.69. The van der Waals surface area contributed by atoms with Crippen molar-refractivity contribution >= 4 is 27.5 Å². The molecule has 2 aromatic carbocycles. The highest BCUT2D eigenvalue weighted by Gasteiger charge is 2.01. The van der Waals surface area contributed by atoms with Crippen molar-refractivity contribution in [2.45, 2.75) is 13.0 Å². The van der Waals surface area contributed by atoms with Crippen LogP contribution in [0.2, 0.25) is 5.02 Å². The average molecular weight is 355 g/mol. The topological polar surface area (TPSA) is 21.3 Å². The van der Waals surface area contributed by atoms with Crippen molar-refractivity contribution in [3.8, 4) is 5.75 Å². The summed E-state index contributed by atoms with van der Waals surface area (Å²) in [7, 11) is 1.68. The van der Waals surface area contributed by atoms with Crippen LogP contribution in [0.25, 0.3) is 0 Å². The predicted molar refractivity (Wildman–Crippen MR) is 87.6 cm³/mol. The van der Waals surface area contributed by atoms with Crippen LogP contribution in [0.1, 0.15) is 11.1 Å². The van der Waals surface area contributed by atoms with Gasteiger partial charge in [0.1, 0.15) is 5.75 Å². The molecule has 2 aromatic rings. The van der Waals surface area contributed by atoms with Crippen LogP contribution in [-0.4, -0.2) is 13.7 Å². The molecule has 106 valence electrons. The normalized spacial score (nSPS) is 10.6. The van der Waals surface area contributed by atoms with E-state index >= 15 is 0 Å². The second-order valence-electron chi connectivity index (χ2n) is 4.51. The lowest BCUT2D eigenvalue weighted by Crippen LogP contribution is -2.16. The van der Waals surface area contributed by atoms with Crippen molar-refractivity contribution < 1.29 is 4.74 Å². The first-order valence-electron chi connectivity index (χ1n) is 6.46. The molecule has 0 fully saturated rings. The molecule has 0 atom stereocenters. The van der Waals surface area contributed by atoms with E-state index in [-0.39, 0.29) is 0 Å². The highest BCUT2D eigenvalue weighted by molar-refractivity contribution is 9.10. The molecule has 2 rings (SSSR count). The van der Waals surface area contributed by atoms with Crippen LogP contribution < -0.4 is 10.1 Å². The number of nitrogens with one attached hydrogen (secondary N) is 1. The van der Waals surface area contributed by atoms with Crippen LogP contribution in [0.4, 0.5) is 0 Å². The second kappa shape index (κ2) is 7.67. The summed E-state index contributed by atoms with van der Waals surface area (Å²) in [4.78, 5) is 0. The molecule has 4 heteroatoms. The highest BCUT2D eigenvalue weighted by Crippen LogP contribution is 2.21. The third-order valence-corrected chi connectivity index (χ3v) is 3.93. The zero-order valence-corrected chi connectivity index (χ0v) is 13.7. The zero-order valence-electron chi connectivity index (χ0n) is 11.3. The Labute approximate surface area is 133 Å². The van der Waals surface area contributed by atoms with Gasteiger partial charge in [-0.25, -0.2) is 0 Å². The van der Waals surface area contributed by atoms with Crippen molar-refractivity contribution in [2.24, 2.45) is 0 Å². The smallest absolute Gasteiger partial charge is 0.118 e. The molecule has 0 spiro atoms. The molecular formula is C16H17BrClNO. The summed E-state index contributed by atoms with van der Waals surface area (Å²) >= 11 is 9.58. The fourth-order valence-electron chi connectivity index (χ4n) is 1.91. The maximum absolute atomic E-state index is 6.17. The molecule has 0 unspecified atom stereocenters. The summed E-state index contributed by atoms with van der Waals surface area (Å²) in [6.45, 7) is 1.70. The van der Waals surface area contributed by atoms with E-state index < -0.39 is 0 Å². The van der Waals surface area contributed by atoms with Gasteiger partial charge in [-0.3, -0.25) is 0 Å². The number of methoxy groups -OCH3 is 1. The van der Waals surface area contributed by atoms with Crippen molar-refractivity contribution in [3.05, 3.63) is 63.1 Å². The molecule has 0 heterocycles. The molecule has 0 aliphatic rings. The van der Waals surface area contributed by atoms with E-state index in [0.29, 0.717) is 0 Å². The van der Waals surface area contributed by atoms with Gasteiger partial charge in [0, 0.05) is 16.0 Å². The zero-order chi connectivity index (χ0) is 14.4. The number of hydrogen-bond acceptors (Lipinski definition) is 2. The Morgan fingerprint density at radius 1 is 1.15 bits per heavy atom. The number of benzene rings is 2. The Hall–Kier alpha value is -1.03. The van der Waals surface area contributed by atoms with Gasteiger partial charge in [0.15, 0.2) is 0 Å². The molecule has 2 nitrogen and oxygen atoms in total. The Kier molecular flexibility index (Phi) is 5.89. The molecule has 0 aliphatic heterocycles. The van der Waals surface area contributed by atoms with Gasteiger partial charge in [0.25, 0.3) is 0 Å². The molecule has 0 saturated carbocycles. The Morgan fingerprint density at radius 2 is 1.90 bits per heavy atom. The van der Waals surface area contributed by atoms with Crippen molar-refractivity contribution in [1.82, 2.24) is 5.32 Å². The molecule has 0 amide bonds. The Bertz CT molecular complexity index is 557. The quantitative estimate of drug-likeness (QED) is 0.774. The largest absolute Gasteiger partial charge is 0.497 e. The van der Waals surface area contributed by atoms with E-state index in [1.165, 1.54) is 5.56 Å². The van der Waals surface area contributed by atoms with Crippen molar-refractivity contribution in [2.75, 3.05) is 13.7 Å². The first kappa shape index (κ1) is 15.4. The minimum atomic E-state index is 0.780. The standard InChI is InChI=1S/C16H17BrClNO/c1-20-15-6-2-12(3-7-15)8-9-19-11-13-4-5-14(17)10-16(13)18/h2-7,10,19H,8-9,11H2,1H3. The molecule has 0 saturated heterocycles. The fraction of sp³-hybridized carbons (Fsp3) is 0.250. The van der Waals surface area contributed by atoms with Crippen LogP contribution in [0.5, 0.6) is 5.75 Å². The third kappa shape index (κ3) is 4.51. The van der Waals surface area contributed by atoms with E-state index in [2.05, 4.69) is 33.4 Å². The molecule has 0 aliphatic carbocycles. The molecule has 0 bridgehead atoms. The van der Waals surface area contributed by atoms with E-state index in [1.54, 1.807) is 7.11 Å². The lowest BCUT2D eigenvalue weighted by Gasteiger charge is -2.08. The van der Waals surface area contributed by atoms with Crippen molar-refractivity contribution in [1.29, 1.82) is 0 Å². The van der Waals surface area contributed by atoms with Crippen LogP contribution in [0.15, 0.2) is 46.9 Å². The molecule has 20 heavy (non-hydrogen) atoms. The molecule has 0 radical (unpaired) electrons. The molecular weight excluding hydrogens is 338 g/mol. The van der Waals surface area contributed by atoms with E-state index in [1.807, 2.05) is 30.3 Å². The number of rotatable bonds is 6. The number of hydrogen-bond donors (Lipinski definition) is 1. The summed E-state index contributed by atoms with van der Waals surface area (Å²) in [5, 5.41) is 4.20. The third-order valence-electron chi connectivity index (χ3n) is 3.08. The highest BCUT2D eigenvalue weighted by atomic mass is 79.9. The van der Waals surface area contributed by atoms with Crippen LogP contribution in [0, 0.1) is 0 Å². The van der Waals surface area contributed by atoms with Gasteiger partial charge in [-0.05, 0) is 48.4 Å². The molecule has 1 N–H and O–H groups in total. The van der Waals surface area contributed by atoms with Gasteiger partial charge in [-0.1, -0.05) is 45.7 Å². The van der Waals surface area contributed by atoms with Crippen LogP contribution in [0.3, 0.4) is 0 Å². The monoisotopic (exact) mass is 353 g/mol. The van der Waals surface area contributed by atoms with Gasteiger partial charge < -0.3 is 10.1 Å². The Morgan fingerprint density at radius 3 is 2.55 bits per heavy atom. The van der Waals surface area contributed by atoms with Gasteiger partial charge in [0.2, 0.25) is 0 Å². The Balaban J connectivity index is 1.78. The minimum absolute atomic E-state index is 0.780. The maximum Gasteiger partial charge on any atom is 0.118 e. The van der Waals surface area contributed by atoms with E-state index in [0.717, 1.165) is 40.3 Å². The second-order valence-corrected chi connectivity index (χ2v) is 5.83.